The third-order valence-electron chi connectivity index (χ3n) is 8.01. The Morgan fingerprint density at radius 1 is 0.717 bits per heavy atom. The maximum atomic E-state index is 9.96. The molecular formula is C42H52BrFNNa. The van der Waals surface area contributed by atoms with Crippen LogP contribution in [0.15, 0.2) is 115 Å². The van der Waals surface area contributed by atoms with Crippen molar-refractivity contribution in [2.24, 2.45) is 0 Å². The minimum Gasteiger partial charge on any atom is -1.00 e. The van der Waals surface area contributed by atoms with Crippen molar-refractivity contribution < 1.29 is 36.7 Å². The Hall–Kier alpha value is -2.43. The van der Waals surface area contributed by atoms with Crippen LogP contribution in [-0.2, 0) is 13.0 Å². The molecule has 4 heteroatoms. The molecule has 0 fully saturated rings. The Kier molecular flexibility index (Phi) is 19.7. The molecule has 0 N–H and O–H groups in total. The topological polar surface area (TPSA) is 4.93 Å². The van der Waals surface area contributed by atoms with Crippen molar-refractivity contribution in [1.29, 1.82) is 0 Å². The number of unbranched alkanes of at least 4 members (excludes halogenated alkanes) is 6. The number of allylic oxidation sites excluding steroid dienone is 1. The number of aryl methyl sites for hydroxylation is 1. The number of hydrogen-bond acceptors (Lipinski definition) is 0. The van der Waals surface area contributed by atoms with Crippen LogP contribution in [0.4, 0.5) is 4.39 Å². The minimum atomic E-state index is -1.00. The molecule has 0 unspecified atom stereocenters. The van der Waals surface area contributed by atoms with E-state index >= 15 is 0 Å². The van der Waals surface area contributed by atoms with Crippen LogP contribution in [-0.4, -0.2) is 17.1 Å². The molecule has 4 aromatic carbocycles. The summed E-state index contributed by atoms with van der Waals surface area (Å²) in [7, 11) is -1.00. The van der Waals surface area contributed by atoms with Crippen molar-refractivity contribution >= 4 is 38.5 Å². The molecule has 0 radical (unpaired) electrons. The smallest absolute Gasteiger partial charge is 1.00 e. The molecule has 240 valence electrons. The summed E-state index contributed by atoms with van der Waals surface area (Å²) in [5.74, 6) is 0. The quantitative estimate of drug-likeness (QED) is 0.0738. The van der Waals surface area contributed by atoms with Gasteiger partial charge in [-0.3, -0.25) is 4.39 Å². The van der Waals surface area contributed by atoms with Crippen molar-refractivity contribution in [2.75, 3.05) is 12.5 Å². The van der Waals surface area contributed by atoms with Crippen LogP contribution in [0, 0.1) is 0 Å². The van der Waals surface area contributed by atoms with Gasteiger partial charge in [0.15, 0.2) is 0 Å². The van der Waals surface area contributed by atoms with E-state index in [-0.39, 0.29) is 31.0 Å². The maximum absolute atomic E-state index is 9.96. The number of para-hydroxylation sites is 1. The average molecular weight is 694 g/mol. The molecule has 46 heavy (non-hydrogen) atoms. The molecule has 5 aromatic rings. The maximum Gasteiger partial charge on any atom is 1.00 e. The predicted molar refractivity (Wildman–Crippen MR) is 202 cm³/mol. The van der Waals surface area contributed by atoms with Crippen molar-refractivity contribution in [3.8, 4) is 11.3 Å². The van der Waals surface area contributed by atoms with Crippen LogP contribution in [0.3, 0.4) is 0 Å². The number of hydrogen-bond donors (Lipinski definition) is 0. The van der Waals surface area contributed by atoms with Crippen LogP contribution >= 0.6 is 15.9 Å². The van der Waals surface area contributed by atoms with Gasteiger partial charge in [-0.2, -0.15) is 0 Å². The first kappa shape index (κ1) is 38.0. The molecule has 1 nitrogen and oxygen atoms in total. The molecule has 0 amide bonds. The van der Waals surface area contributed by atoms with E-state index in [0.29, 0.717) is 0 Å². The molecular weight excluding hydrogens is 640 g/mol. The zero-order valence-corrected chi connectivity index (χ0v) is 31.8. The fourth-order valence-corrected chi connectivity index (χ4v) is 6.03. The molecule has 1 aliphatic carbocycles. The largest absolute Gasteiger partial charge is 1.00 e. The molecule has 0 spiro atoms. The van der Waals surface area contributed by atoms with E-state index in [2.05, 4.69) is 156 Å². The van der Waals surface area contributed by atoms with Gasteiger partial charge in [-0.15, -0.1) is 0 Å². The number of alkyl halides is 2. The number of benzene rings is 4. The molecule has 0 saturated carbocycles. The Bertz CT molecular complexity index is 1550. The molecule has 6 rings (SSSR count). The van der Waals surface area contributed by atoms with Crippen molar-refractivity contribution in [1.82, 2.24) is 4.57 Å². The van der Waals surface area contributed by atoms with Gasteiger partial charge < -0.3 is 5.99 Å². The first-order chi connectivity index (χ1) is 22.7. The second-order valence-electron chi connectivity index (χ2n) is 11.3. The molecule has 1 heterocycles. The summed E-state index contributed by atoms with van der Waals surface area (Å²) >= 11 is 3.38. The van der Waals surface area contributed by atoms with Gasteiger partial charge in [0, 0.05) is 28.5 Å². The predicted octanol–water partition coefficient (Wildman–Crippen LogP) is 10.3. The standard InChI is InChI=1S/C20H23N.C15H12.C6H13Br.CH3F.Na.H/c1-2-3-4-10-15-21-19-14-9-8-13-18(19)16-20(21)17-11-6-5-7-12-17;1-2-6-12(7-3-1)15-10-13-8-4-5-9-14(13)11-15;1-2-3-4-5-6-7;1-2;;/h5-9,11-14,16H,2-4,10,15H2,1H3;1-10H,11H2;2-6H2,1H3;1H3;;/q;;;;+1;-1/i;;;1D;;. The van der Waals surface area contributed by atoms with Crippen LogP contribution in [0.5, 0.6) is 0 Å². The Morgan fingerprint density at radius 3 is 1.91 bits per heavy atom. The second kappa shape index (κ2) is 23.8. The average Bonchev–Trinajstić information content (AvgIpc) is 3.71. The van der Waals surface area contributed by atoms with E-state index in [0.717, 1.165) is 13.0 Å². The minimum absolute atomic E-state index is 0. The van der Waals surface area contributed by atoms with E-state index < -0.39 is 7.15 Å². The summed E-state index contributed by atoms with van der Waals surface area (Å²) in [4.78, 5) is 0. The monoisotopic (exact) mass is 692 g/mol. The van der Waals surface area contributed by atoms with Gasteiger partial charge in [0.2, 0.25) is 0 Å². The third kappa shape index (κ3) is 12.6. The molecule has 1 aliphatic rings. The first-order valence-electron chi connectivity index (χ1n) is 17.3. The Balaban J connectivity index is 0.000000374. The van der Waals surface area contributed by atoms with Crippen molar-refractivity contribution in [2.45, 2.75) is 78.2 Å². The van der Waals surface area contributed by atoms with Gasteiger partial charge in [-0.25, -0.2) is 0 Å². The number of nitrogens with zero attached hydrogens (tertiary/aromatic N) is 1. The number of fused-ring (bicyclic) bond motifs is 2. The van der Waals surface area contributed by atoms with Crippen LogP contribution in [0.1, 0.15) is 84.7 Å². The van der Waals surface area contributed by atoms with Gasteiger partial charge >= 0.3 is 29.6 Å². The van der Waals surface area contributed by atoms with Crippen molar-refractivity contribution in [3.05, 3.63) is 132 Å². The summed E-state index contributed by atoms with van der Waals surface area (Å²) in [6.07, 6.45) is 14.0. The fourth-order valence-electron chi connectivity index (χ4n) is 5.63. The molecule has 1 aromatic heterocycles. The Labute approximate surface area is 311 Å². The fraction of sp³-hybridized carbons (Fsp3) is 0.333. The van der Waals surface area contributed by atoms with Gasteiger partial charge in [0.1, 0.15) is 0 Å². The number of rotatable bonds is 11. The second-order valence-corrected chi connectivity index (χ2v) is 12.1. The molecule has 0 bridgehead atoms. The number of aromatic nitrogens is 1. The SMILES string of the molecule is C1=C(c2ccccc2)Cc2ccccc21.CCCCCCBr.CCCCCCn1c(-c2ccccc2)cc2ccccc21.[2H]CF.[H-].[Na+]. The summed E-state index contributed by atoms with van der Waals surface area (Å²) < 4.78 is 18.0. The Morgan fingerprint density at radius 2 is 1.28 bits per heavy atom. The summed E-state index contributed by atoms with van der Waals surface area (Å²) in [5.41, 5.74) is 9.59. The molecule has 0 aliphatic heterocycles. The first-order valence-corrected chi connectivity index (χ1v) is 17.7. The van der Waals surface area contributed by atoms with E-state index in [1.54, 1.807) is 0 Å². The zero-order chi connectivity index (χ0) is 32.8. The van der Waals surface area contributed by atoms with E-state index in [4.69, 9.17) is 1.37 Å². The molecule has 0 saturated heterocycles. The summed E-state index contributed by atoms with van der Waals surface area (Å²) in [6.45, 7) is 5.60. The summed E-state index contributed by atoms with van der Waals surface area (Å²) in [5, 5.41) is 2.51. The van der Waals surface area contributed by atoms with Gasteiger partial charge in [-0.1, -0.05) is 178 Å². The van der Waals surface area contributed by atoms with E-state index in [9.17, 15) is 4.39 Å². The van der Waals surface area contributed by atoms with Gasteiger partial charge in [0.05, 0.1) is 8.52 Å². The van der Waals surface area contributed by atoms with Gasteiger partial charge in [-0.05, 0) is 59.2 Å². The van der Waals surface area contributed by atoms with Crippen LogP contribution in [0.25, 0.3) is 33.8 Å². The van der Waals surface area contributed by atoms with Crippen molar-refractivity contribution in [3.63, 3.8) is 0 Å². The summed E-state index contributed by atoms with van der Waals surface area (Å²) in [6, 6.07) is 41.0. The third-order valence-corrected chi connectivity index (χ3v) is 8.57. The van der Waals surface area contributed by atoms with Crippen LogP contribution in [0.2, 0.25) is 0 Å². The van der Waals surface area contributed by atoms with E-state index in [1.165, 1.54) is 101 Å². The van der Waals surface area contributed by atoms with Crippen LogP contribution < -0.4 is 29.6 Å². The molecule has 0 atom stereocenters. The zero-order valence-electron chi connectivity index (χ0n) is 30.2. The van der Waals surface area contributed by atoms with E-state index in [1.807, 2.05) is 0 Å². The number of halogens is 2. The van der Waals surface area contributed by atoms with Gasteiger partial charge in [0.25, 0.3) is 0 Å². The normalized spacial score (nSPS) is 11.3.